The topological polar surface area (TPSA) is 96.3 Å². The molecular weight excluding hydrogens is 456 g/mol. The van der Waals surface area contributed by atoms with Gasteiger partial charge in [0.25, 0.3) is 0 Å². The van der Waals surface area contributed by atoms with Gasteiger partial charge >= 0.3 is 5.97 Å². The summed E-state index contributed by atoms with van der Waals surface area (Å²) < 4.78 is 28.4. The summed E-state index contributed by atoms with van der Waals surface area (Å²) in [7, 11) is -2.12. The molecule has 2 aromatic carbocycles. The van der Waals surface area contributed by atoms with E-state index in [1.807, 2.05) is 24.3 Å². The molecule has 1 heterocycles. The Morgan fingerprint density at radius 2 is 1.87 bits per heavy atom. The van der Waals surface area contributed by atoms with Crippen molar-refractivity contribution >= 4 is 55.8 Å². The normalized spacial score (nSPS) is 11.8. The summed E-state index contributed by atoms with van der Waals surface area (Å²) in [6.45, 7) is 0. The number of para-hydroxylation sites is 1. The van der Waals surface area contributed by atoms with Crippen LogP contribution in [0.3, 0.4) is 0 Å². The Labute approximate surface area is 189 Å². The summed E-state index contributed by atoms with van der Waals surface area (Å²) in [6, 6.07) is 17.5. The molecule has 0 amide bonds. The van der Waals surface area contributed by atoms with Gasteiger partial charge in [0.05, 0.1) is 33.3 Å². The Bertz CT molecular complexity index is 1280. The third kappa shape index (κ3) is 5.61. The number of hydrogen-bond donors (Lipinski definition) is 2. The number of hydrogen-bond acceptors (Lipinski definition) is 7. The van der Waals surface area contributed by atoms with Crippen molar-refractivity contribution in [3.05, 3.63) is 76.6 Å². The van der Waals surface area contributed by atoms with Crippen molar-refractivity contribution in [3.8, 4) is 10.4 Å². The monoisotopic (exact) mass is 474 g/mol. The highest BCUT2D eigenvalue weighted by Gasteiger charge is 2.15. The molecule has 0 atom stereocenters. The number of esters is 1. The van der Waals surface area contributed by atoms with E-state index in [0.29, 0.717) is 16.4 Å². The van der Waals surface area contributed by atoms with E-state index in [1.165, 1.54) is 30.8 Å². The van der Waals surface area contributed by atoms with Crippen LogP contribution in [-0.4, -0.2) is 33.5 Å². The molecular formula is C22H19ClN2O4S2. The molecule has 3 aromatic rings. The molecule has 0 aliphatic heterocycles. The van der Waals surface area contributed by atoms with E-state index in [9.17, 15) is 13.2 Å². The second kappa shape index (κ2) is 9.47. The van der Waals surface area contributed by atoms with Crippen LogP contribution in [0.25, 0.3) is 16.1 Å². The zero-order chi connectivity index (χ0) is 22.6. The fraction of sp³-hybridized carbons (Fsp3) is 0.0909. The van der Waals surface area contributed by atoms with Gasteiger partial charge in [-0.2, -0.15) is 0 Å². The molecule has 3 rings (SSSR count). The molecule has 9 heteroatoms. The van der Waals surface area contributed by atoms with Crippen molar-refractivity contribution in [1.29, 1.82) is 5.41 Å². The van der Waals surface area contributed by atoms with Crippen LogP contribution in [-0.2, 0) is 19.4 Å². The van der Waals surface area contributed by atoms with E-state index in [0.717, 1.165) is 15.3 Å². The standard InChI is InChI=1S/C22H19ClN2O4S2/c1-29-22(26)17(24)13-19(25-18-9-4-3-8-16(18)23)21-11-10-20(30-21)14-6-5-7-15(12-14)31(2,27)28/h3-13,24-25H,1-2H3/b19-13-,24-17?. The quantitative estimate of drug-likeness (QED) is 0.366. The summed E-state index contributed by atoms with van der Waals surface area (Å²) in [6.07, 6.45) is 2.54. The fourth-order valence-corrected chi connectivity index (χ4v) is 4.53. The predicted octanol–water partition coefficient (Wildman–Crippen LogP) is 5.12. The predicted molar refractivity (Wildman–Crippen MR) is 126 cm³/mol. The van der Waals surface area contributed by atoms with Crippen LogP contribution < -0.4 is 5.32 Å². The van der Waals surface area contributed by atoms with Crippen LogP contribution in [0.5, 0.6) is 0 Å². The zero-order valence-corrected chi connectivity index (χ0v) is 19.1. The van der Waals surface area contributed by atoms with Crippen LogP contribution in [0.1, 0.15) is 4.88 Å². The van der Waals surface area contributed by atoms with E-state index in [-0.39, 0.29) is 10.6 Å². The van der Waals surface area contributed by atoms with Gasteiger partial charge in [-0.3, -0.25) is 5.41 Å². The van der Waals surface area contributed by atoms with Gasteiger partial charge in [0.1, 0.15) is 5.71 Å². The van der Waals surface area contributed by atoms with Crippen molar-refractivity contribution in [2.75, 3.05) is 18.7 Å². The average molecular weight is 475 g/mol. The maximum Gasteiger partial charge on any atom is 0.356 e. The minimum Gasteiger partial charge on any atom is -0.464 e. The lowest BCUT2D eigenvalue weighted by atomic mass is 10.2. The highest BCUT2D eigenvalue weighted by molar-refractivity contribution is 7.90. The Balaban J connectivity index is 2.02. The summed E-state index contributed by atoms with van der Waals surface area (Å²) >= 11 is 7.64. The first-order valence-electron chi connectivity index (χ1n) is 9.00. The lowest BCUT2D eigenvalue weighted by Gasteiger charge is -2.11. The number of thiophene rings is 1. The number of ether oxygens (including phenoxy) is 1. The van der Waals surface area contributed by atoms with Gasteiger partial charge in [-0.15, -0.1) is 11.3 Å². The minimum absolute atomic E-state index is 0.234. The van der Waals surface area contributed by atoms with Crippen LogP contribution in [0.15, 0.2) is 71.6 Å². The van der Waals surface area contributed by atoms with Gasteiger partial charge in [0.2, 0.25) is 0 Å². The fourth-order valence-electron chi connectivity index (χ4n) is 2.71. The molecule has 2 N–H and O–H groups in total. The first kappa shape index (κ1) is 22.7. The average Bonchev–Trinajstić information content (AvgIpc) is 3.24. The number of anilines is 1. The Morgan fingerprint density at radius 3 is 2.55 bits per heavy atom. The SMILES string of the molecule is COC(=O)C(=N)/C=C(\Nc1ccccc1Cl)c1ccc(-c2cccc(S(C)(=O)=O)c2)s1. The lowest BCUT2D eigenvalue weighted by molar-refractivity contribution is -0.132. The minimum atomic E-state index is -3.33. The van der Waals surface area contributed by atoms with Crippen molar-refractivity contribution in [2.24, 2.45) is 0 Å². The molecule has 160 valence electrons. The van der Waals surface area contributed by atoms with Crippen molar-refractivity contribution in [1.82, 2.24) is 0 Å². The zero-order valence-electron chi connectivity index (χ0n) is 16.7. The molecule has 0 saturated heterocycles. The van der Waals surface area contributed by atoms with E-state index in [4.69, 9.17) is 17.0 Å². The maximum atomic E-state index is 11.9. The van der Waals surface area contributed by atoms with Gasteiger partial charge in [0, 0.05) is 11.1 Å². The summed E-state index contributed by atoms with van der Waals surface area (Å²) in [4.78, 5) is 13.6. The van der Waals surface area contributed by atoms with Gasteiger partial charge in [-0.25, -0.2) is 13.2 Å². The summed E-state index contributed by atoms with van der Waals surface area (Å²) in [5.74, 6) is -0.768. The van der Waals surface area contributed by atoms with Crippen LogP contribution in [0.2, 0.25) is 5.02 Å². The van der Waals surface area contributed by atoms with Crippen LogP contribution in [0, 0.1) is 5.41 Å². The largest absolute Gasteiger partial charge is 0.464 e. The van der Waals surface area contributed by atoms with Crippen molar-refractivity contribution in [2.45, 2.75) is 4.90 Å². The van der Waals surface area contributed by atoms with Crippen molar-refractivity contribution in [3.63, 3.8) is 0 Å². The Morgan fingerprint density at radius 1 is 1.13 bits per heavy atom. The number of halogens is 1. The number of rotatable bonds is 7. The van der Waals surface area contributed by atoms with Crippen LogP contribution in [0.4, 0.5) is 5.69 Å². The molecule has 0 unspecified atom stereocenters. The highest BCUT2D eigenvalue weighted by Crippen LogP contribution is 2.34. The van der Waals surface area contributed by atoms with E-state index in [2.05, 4.69) is 10.1 Å². The van der Waals surface area contributed by atoms with Gasteiger partial charge in [0.15, 0.2) is 9.84 Å². The van der Waals surface area contributed by atoms with E-state index >= 15 is 0 Å². The Kier molecular flexibility index (Phi) is 6.94. The molecule has 0 saturated carbocycles. The van der Waals surface area contributed by atoms with Crippen molar-refractivity contribution < 1.29 is 17.9 Å². The molecule has 0 bridgehead atoms. The molecule has 6 nitrogen and oxygen atoms in total. The van der Waals surface area contributed by atoms with Gasteiger partial charge in [-0.05, 0) is 48.0 Å². The number of sulfone groups is 1. The second-order valence-corrected chi connectivity index (χ2v) is 10.0. The first-order valence-corrected chi connectivity index (χ1v) is 12.1. The molecule has 0 spiro atoms. The van der Waals surface area contributed by atoms with E-state index in [1.54, 1.807) is 36.4 Å². The van der Waals surface area contributed by atoms with Crippen LogP contribution >= 0.6 is 22.9 Å². The third-order valence-electron chi connectivity index (χ3n) is 4.26. The second-order valence-electron chi connectivity index (χ2n) is 6.53. The number of carbonyl (C=O) groups is 1. The van der Waals surface area contributed by atoms with Gasteiger partial charge in [-0.1, -0.05) is 35.9 Å². The summed E-state index contributed by atoms with van der Waals surface area (Å²) in [5.41, 5.74) is 1.52. The molecule has 0 aliphatic rings. The summed E-state index contributed by atoms with van der Waals surface area (Å²) in [5, 5.41) is 11.6. The number of methoxy groups -OCH3 is 1. The molecule has 0 fully saturated rings. The molecule has 0 radical (unpaired) electrons. The highest BCUT2D eigenvalue weighted by atomic mass is 35.5. The molecule has 31 heavy (non-hydrogen) atoms. The molecule has 1 aromatic heterocycles. The Hall–Kier alpha value is -2.94. The lowest BCUT2D eigenvalue weighted by Crippen LogP contribution is -2.13. The molecule has 0 aliphatic carbocycles. The van der Waals surface area contributed by atoms with E-state index < -0.39 is 15.8 Å². The first-order chi connectivity index (χ1) is 14.7. The van der Waals surface area contributed by atoms with Gasteiger partial charge < -0.3 is 10.1 Å². The number of carbonyl (C=O) groups excluding carboxylic acids is 1. The maximum absolute atomic E-state index is 11.9. The number of benzene rings is 2. The number of nitrogens with one attached hydrogen (secondary N) is 2. The smallest absolute Gasteiger partial charge is 0.356 e. The third-order valence-corrected chi connectivity index (χ3v) is 6.86.